The molecule has 0 amide bonds. The van der Waals surface area contributed by atoms with E-state index in [9.17, 15) is 0 Å². The van der Waals surface area contributed by atoms with Gasteiger partial charge in [0.2, 0.25) is 11.7 Å². The highest BCUT2D eigenvalue weighted by Gasteiger charge is 2.16. The van der Waals surface area contributed by atoms with Gasteiger partial charge in [0.05, 0.1) is 10.6 Å². The second kappa shape index (κ2) is 8.08. The highest BCUT2D eigenvalue weighted by molar-refractivity contribution is 7.98. The van der Waals surface area contributed by atoms with Crippen LogP contribution in [0.15, 0.2) is 64.1 Å². The summed E-state index contributed by atoms with van der Waals surface area (Å²) in [6, 6.07) is 11.4. The normalized spacial score (nSPS) is 11.0. The SMILES string of the molecule is C=CCn1c(SCc2nc(-c3cccs3)no2)nnc1-c1ccc(Cl)cc1. The summed E-state index contributed by atoms with van der Waals surface area (Å²) in [5.41, 5.74) is 0.943. The monoisotopic (exact) mass is 415 g/mol. The molecule has 0 spiro atoms. The van der Waals surface area contributed by atoms with Crippen molar-refractivity contribution in [2.75, 3.05) is 0 Å². The van der Waals surface area contributed by atoms with Crippen LogP contribution in [0.5, 0.6) is 0 Å². The maximum absolute atomic E-state index is 5.98. The van der Waals surface area contributed by atoms with Gasteiger partial charge in [-0.3, -0.25) is 4.57 Å². The zero-order chi connectivity index (χ0) is 18.6. The first kappa shape index (κ1) is 18.0. The molecule has 0 aliphatic rings. The first-order chi connectivity index (χ1) is 13.2. The molecule has 0 saturated carbocycles. The lowest BCUT2D eigenvalue weighted by Crippen LogP contribution is -2.00. The zero-order valence-electron chi connectivity index (χ0n) is 14.1. The van der Waals surface area contributed by atoms with Crippen molar-refractivity contribution in [2.24, 2.45) is 0 Å². The van der Waals surface area contributed by atoms with Gasteiger partial charge < -0.3 is 4.52 Å². The van der Waals surface area contributed by atoms with Crippen LogP contribution in [0.3, 0.4) is 0 Å². The summed E-state index contributed by atoms with van der Waals surface area (Å²) in [5, 5.41) is 16.1. The Balaban J connectivity index is 1.53. The third kappa shape index (κ3) is 3.97. The lowest BCUT2D eigenvalue weighted by molar-refractivity contribution is 0.391. The van der Waals surface area contributed by atoms with E-state index in [1.165, 1.54) is 11.8 Å². The van der Waals surface area contributed by atoms with Gasteiger partial charge in [0.25, 0.3) is 0 Å². The molecule has 0 unspecified atom stereocenters. The van der Waals surface area contributed by atoms with Crippen molar-refractivity contribution in [1.29, 1.82) is 0 Å². The van der Waals surface area contributed by atoms with Crippen molar-refractivity contribution in [3.8, 4) is 22.1 Å². The molecule has 136 valence electrons. The highest BCUT2D eigenvalue weighted by atomic mass is 35.5. The summed E-state index contributed by atoms with van der Waals surface area (Å²) in [7, 11) is 0. The van der Waals surface area contributed by atoms with E-state index in [-0.39, 0.29) is 0 Å². The zero-order valence-corrected chi connectivity index (χ0v) is 16.5. The minimum Gasteiger partial charge on any atom is -0.338 e. The van der Waals surface area contributed by atoms with Gasteiger partial charge >= 0.3 is 0 Å². The number of thioether (sulfide) groups is 1. The third-order valence-corrected chi connectivity index (χ3v) is 5.73. The Labute approximate surface area is 168 Å². The molecule has 1 aromatic carbocycles. The summed E-state index contributed by atoms with van der Waals surface area (Å²) >= 11 is 9.04. The summed E-state index contributed by atoms with van der Waals surface area (Å²) in [5.74, 6) is 2.42. The number of halogens is 1. The van der Waals surface area contributed by atoms with E-state index in [0.29, 0.717) is 29.0 Å². The average Bonchev–Trinajstić information content (AvgIpc) is 3.42. The predicted octanol–water partition coefficient (Wildman–Crippen LogP) is 5.19. The van der Waals surface area contributed by atoms with E-state index >= 15 is 0 Å². The maximum Gasteiger partial charge on any atom is 0.237 e. The van der Waals surface area contributed by atoms with E-state index in [0.717, 1.165) is 21.4 Å². The van der Waals surface area contributed by atoms with E-state index < -0.39 is 0 Å². The molecule has 0 N–H and O–H groups in total. The van der Waals surface area contributed by atoms with Gasteiger partial charge in [-0.1, -0.05) is 40.7 Å². The van der Waals surface area contributed by atoms with E-state index in [1.54, 1.807) is 11.3 Å². The summed E-state index contributed by atoms with van der Waals surface area (Å²) in [6.45, 7) is 4.42. The first-order valence-corrected chi connectivity index (χ1v) is 10.3. The number of allylic oxidation sites excluding steroid dienone is 1. The third-order valence-electron chi connectivity index (χ3n) is 3.67. The van der Waals surface area contributed by atoms with Crippen molar-refractivity contribution in [1.82, 2.24) is 24.9 Å². The van der Waals surface area contributed by atoms with Gasteiger partial charge in [0, 0.05) is 17.1 Å². The number of benzene rings is 1. The van der Waals surface area contributed by atoms with Crippen LogP contribution in [0.25, 0.3) is 22.1 Å². The Morgan fingerprint density at radius 3 is 2.81 bits per heavy atom. The van der Waals surface area contributed by atoms with Crippen molar-refractivity contribution in [3.63, 3.8) is 0 Å². The molecule has 0 aliphatic carbocycles. The van der Waals surface area contributed by atoms with Crippen molar-refractivity contribution >= 4 is 34.7 Å². The van der Waals surface area contributed by atoms with Gasteiger partial charge in [-0.2, -0.15) is 4.98 Å². The predicted molar refractivity (Wildman–Crippen MR) is 108 cm³/mol. The number of hydrogen-bond donors (Lipinski definition) is 0. The quantitative estimate of drug-likeness (QED) is 0.305. The molecule has 27 heavy (non-hydrogen) atoms. The molecule has 0 bridgehead atoms. The van der Waals surface area contributed by atoms with Crippen LogP contribution < -0.4 is 0 Å². The van der Waals surface area contributed by atoms with Crippen molar-refractivity contribution < 1.29 is 4.52 Å². The van der Waals surface area contributed by atoms with Crippen LogP contribution in [-0.2, 0) is 12.3 Å². The Morgan fingerprint density at radius 2 is 2.07 bits per heavy atom. The fraction of sp³-hybridized carbons (Fsp3) is 0.111. The Morgan fingerprint density at radius 1 is 1.22 bits per heavy atom. The topological polar surface area (TPSA) is 69.6 Å². The molecule has 4 aromatic rings. The largest absolute Gasteiger partial charge is 0.338 e. The van der Waals surface area contributed by atoms with Crippen LogP contribution >= 0.6 is 34.7 Å². The van der Waals surface area contributed by atoms with Crippen molar-refractivity contribution in [3.05, 3.63) is 65.3 Å². The Hall–Kier alpha value is -2.42. The van der Waals surface area contributed by atoms with Gasteiger partial charge in [-0.15, -0.1) is 28.1 Å². The second-order valence-corrected chi connectivity index (χ2v) is 7.82. The van der Waals surface area contributed by atoms with E-state index in [2.05, 4.69) is 26.9 Å². The molecule has 0 aliphatic heterocycles. The Kier molecular flexibility index (Phi) is 5.38. The van der Waals surface area contributed by atoms with Crippen LogP contribution in [0.1, 0.15) is 5.89 Å². The number of hydrogen-bond acceptors (Lipinski definition) is 7. The average molecular weight is 416 g/mol. The van der Waals surface area contributed by atoms with E-state index in [4.69, 9.17) is 16.1 Å². The lowest BCUT2D eigenvalue weighted by Gasteiger charge is -2.07. The molecule has 3 heterocycles. The minimum atomic E-state index is 0.508. The number of nitrogens with zero attached hydrogens (tertiary/aromatic N) is 5. The smallest absolute Gasteiger partial charge is 0.237 e. The molecule has 4 rings (SSSR count). The minimum absolute atomic E-state index is 0.508. The van der Waals surface area contributed by atoms with Crippen LogP contribution in [-0.4, -0.2) is 24.9 Å². The van der Waals surface area contributed by atoms with Gasteiger partial charge in [0.15, 0.2) is 11.0 Å². The highest BCUT2D eigenvalue weighted by Crippen LogP contribution is 2.28. The van der Waals surface area contributed by atoms with Gasteiger partial charge in [-0.05, 0) is 35.7 Å². The second-order valence-electron chi connectivity index (χ2n) is 5.49. The number of aromatic nitrogens is 5. The summed E-state index contributed by atoms with van der Waals surface area (Å²) in [6.07, 6.45) is 1.81. The number of thiophene rings is 1. The molecule has 0 radical (unpaired) electrons. The standard InChI is InChI=1S/C18H14ClN5OS2/c1-2-9-24-17(12-5-7-13(19)8-6-12)21-22-18(24)27-11-15-20-16(23-25-15)14-4-3-10-26-14/h2-8,10H,1,9,11H2. The Bertz CT molecular complexity index is 1040. The van der Waals surface area contributed by atoms with Crippen LogP contribution in [0.2, 0.25) is 5.02 Å². The molecular weight excluding hydrogens is 402 g/mol. The van der Waals surface area contributed by atoms with Crippen LogP contribution in [0.4, 0.5) is 0 Å². The summed E-state index contributed by atoms with van der Waals surface area (Å²) in [4.78, 5) is 5.42. The maximum atomic E-state index is 5.98. The summed E-state index contributed by atoms with van der Waals surface area (Å²) < 4.78 is 7.34. The lowest BCUT2D eigenvalue weighted by atomic mass is 10.2. The first-order valence-electron chi connectivity index (χ1n) is 8.04. The van der Waals surface area contributed by atoms with Crippen LogP contribution in [0, 0.1) is 0 Å². The number of rotatable bonds is 7. The molecule has 0 saturated heterocycles. The molecule has 0 fully saturated rings. The molecular formula is C18H14ClN5OS2. The molecule has 9 heteroatoms. The fourth-order valence-electron chi connectivity index (χ4n) is 2.45. The van der Waals surface area contributed by atoms with Gasteiger partial charge in [0.1, 0.15) is 0 Å². The molecule has 3 aromatic heterocycles. The van der Waals surface area contributed by atoms with Gasteiger partial charge in [-0.25, -0.2) is 0 Å². The fourth-order valence-corrected chi connectivity index (χ4v) is 4.01. The van der Waals surface area contributed by atoms with Crippen molar-refractivity contribution in [2.45, 2.75) is 17.5 Å². The van der Waals surface area contributed by atoms with E-state index in [1.807, 2.05) is 52.4 Å². The molecule has 6 nitrogen and oxygen atoms in total. The molecule has 0 atom stereocenters.